The lowest BCUT2D eigenvalue weighted by Gasteiger charge is -2.07. The minimum Gasteiger partial charge on any atom is -0.439 e. The SMILES string of the molecule is Cc1cnc(Cl)nc1Oc1cccc(Cl)c1. The number of aromatic nitrogens is 2. The smallest absolute Gasteiger partial charge is 0.226 e. The Bertz CT molecular complexity index is 517. The minimum atomic E-state index is 0.155. The van der Waals surface area contributed by atoms with Gasteiger partial charge in [-0.1, -0.05) is 17.7 Å². The molecule has 0 saturated heterocycles. The van der Waals surface area contributed by atoms with Crippen LogP contribution in [0.3, 0.4) is 0 Å². The molecule has 0 bridgehead atoms. The first kappa shape index (κ1) is 11.2. The summed E-state index contributed by atoms with van der Waals surface area (Å²) < 4.78 is 5.55. The van der Waals surface area contributed by atoms with Gasteiger partial charge in [0, 0.05) is 16.8 Å². The Kier molecular flexibility index (Phi) is 3.27. The Labute approximate surface area is 103 Å². The first-order valence-corrected chi connectivity index (χ1v) is 5.33. The fourth-order valence-corrected chi connectivity index (χ4v) is 1.46. The molecule has 0 atom stereocenters. The molecule has 2 aromatic rings. The van der Waals surface area contributed by atoms with Crippen molar-refractivity contribution >= 4 is 23.2 Å². The Morgan fingerprint density at radius 1 is 1.25 bits per heavy atom. The van der Waals surface area contributed by atoms with Crippen LogP contribution in [-0.2, 0) is 0 Å². The van der Waals surface area contributed by atoms with E-state index in [-0.39, 0.29) is 5.28 Å². The number of rotatable bonds is 2. The highest BCUT2D eigenvalue weighted by molar-refractivity contribution is 6.30. The number of halogens is 2. The molecule has 0 aliphatic heterocycles. The second kappa shape index (κ2) is 4.68. The van der Waals surface area contributed by atoms with Gasteiger partial charge in [-0.25, -0.2) is 4.98 Å². The molecule has 0 spiro atoms. The molecular formula is C11H8Cl2N2O. The van der Waals surface area contributed by atoms with Crippen molar-refractivity contribution in [1.29, 1.82) is 0 Å². The van der Waals surface area contributed by atoms with Gasteiger partial charge < -0.3 is 4.74 Å². The average Bonchev–Trinajstić information content (AvgIpc) is 2.24. The summed E-state index contributed by atoms with van der Waals surface area (Å²) in [6, 6.07) is 7.07. The Morgan fingerprint density at radius 2 is 2.06 bits per heavy atom. The van der Waals surface area contributed by atoms with E-state index in [0.29, 0.717) is 16.7 Å². The Morgan fingerprint density at radius 3 is 2.81 bits per heavy atom. The first-order chi connectivity index (χ1) is 7.65. The van der Waals surface area contributed by atoms with E-state index in [4.69, 9.17) is 27.9 Å². The average molecular weight is 255 g/mol. The highest BCUT2D eigenvalue weighted by atomic mass is 35.5. The zero-order valence-electron chi connectivity index (χ0n) is 8.45. The summed E-state index contributed by atoms with van der Waals surface area (Å²) in [5, 5.41) is 0.762. The van der Waals surface area contributed by atoms with Crippen LogP contribution in [-0.4, -0.2) is 9.97 Å². The zero-order chi connectivity index (χ0) is 11.5. The summed E-state index contributed by atoms with van der Waals surface area (Å²) in [6.07, 6.45) is 1.61. The topological polar surface area (TPSA) is 35.0 Å². The fraction of sp³-hybridized carbons (Fsp3) is 0.0909. The van der Waals surface area contributed by atoms with Gasteiger partial charge in [0.1, 0.15) is 5.75 Å². The summed E-state index contributed by atoms with van der Waals surface area (Å²) in [4.78, 5) is 7.83. The number of benzene rings is 1. The van der Waals surface area contributed by atoms with Crippen LogP contribution in [0, 0.1) is 6.92 Å². The third kappa shape index (κ3) is 2.62. The van der Waals surface area contributed by atoms with E-state index in [9.17, 15) is 0 Å². The Balaban J connectivity index is 2.30. The van der Waals surface area contributed by atoms with Crippen molar-refractivity contribution in [2.75, 3.05) is 0 Å². The van der Waals surface area contributed by atoms with Crippen molar-refractivity contribution in [3.8, 4) is 11.6 Å². The van der Waals surface area contributed by atoms with E-state index in [1.54, 1.807) is 30.5 Å². The molecule has 1 aromatic heterocycles. The zero-order valence-corrected chi connectivity index (χ0v) is 9.96. The van der Waals surface area contributed by atoms with Gasteiger partial charge in [0.05, 0.1) is 0 Å². The van der Waals surface area contributed by atoms with Crippen molar-refractivity contribution in [2.45, 2.75) is 6.92 Å². The lowest BCUT2D eigenvalue weighted by molar-refractivity contribution is 0.457. The van der Waals surface area contributed by atoms with E-state index < -0.39 is 0 Å². The third-order valence-corrected chi connectivity index (χ3v) is 2.32. The van der Waals surface area contributed by atoms with E-state index in [2.05, 4.69) is 9.97 Å². The highest BCUT2D eigenvalue weighted by Crippen LogP contribution is 2.25. The molecule has 2 rings (SSSR count). The van der Waals surface area contributed by atoms with Crippen molar-refractivity contribution in [1.82, 2.24) is 9.97 Å². The molecule has 0 aliphatic carbocycles. The molecule has 1 aromatic carbocycles. The predicted octanol–water partition coefficient (Wildman–Crippen LogP) is 3.88. The van der Waals surface area contributed by atoms with Crippen LogP contribution in [0.4, 0.5) is 0 Å². The van der Waals surface area contributed by atoms with Gasteiger partial charge in [0.25, 0.3) is 0 Å². The molecule has 0 saturated carbocycles. The monoisotopic (exact) mass is 254 g/mol. The number of ether oxygens (including phenoxy) is 1. The molecule has 5 heteroatoms. The van der Waals surface area contributed by atoms with Crippen molar-refractivity contribution < 1.29 is 4.74 Å². The van der Waals surface area contributed by atoms with Gasteiger partial charge in [-0.05, 0) is 36.7 Å². The van der Waals surface area contributed by atoms with Crippen molar-refractivity contribution in [3.63, 3.8) is 0 Å². The number of hydrogen-bond acceptors (Lipinski definition) is 3. The van der Waals surface area contributed by atoms with Crippen molar-refractivity contribution in [2.24, 2.45) is 0 Å². The summed E-state index contributed by atoms with van der Waals surface area (Å²) >= 11 is 11.5. The molecule has 0 unspecified atom stereocenters. The molecule has 3 nitrogen and oxygen atoms in total. The summed E-state index contributed by atoms with van der Waals surface area (Å²) in [7, 11) is 0. The standard InChI is InChI=1S/C11H8Cl2N2O/c1-7-6-14-11(13)15-10(7)16-9-4-2-3-8(12)5-9/h2-6H,1H3. The summed E-state index contributed by atoms with van der Waals surface area (Å²) in [5.74, 6) is 1.05. The van der Waals surface area contributed by atoms with Gasteiger partial charge in [-0.2, -0.15) is 4.98 Å². The van der Waals surface area contributed by atoms with Gasteiger partial charge in [-0.15, -0.1) is 0 Å². The maximum absolute atomic E-state index is 5.84. The molecule has 1 heterocycles. The predicted molar refractivity (Wildman–Crippen MR) is 63.3 cm³/mol. The molecule has 16 heavy (non-hydrogen) atoms. The van der Waals surface area contributed by atoms with E-state index in [1.807, 2.05) is 6.92 Å². The quantitative estimate of drug-likeness (QED) is 0.763. The van der Waals surface area contributed by atoms with Gasteiger partial charge in [-0.3, -0.25) is 0 Å². The summed E-state index contributed by atoms with van der Waals surface area (Å²) in [5.41, 5.74) is 0.810. The van der Waals surface area contributed by atoms with Crippen LogP contribution in [0.25, 0.3) is 0 Å². The lowest BCUT2D eigenvalue weighted by Crippen LogP contribution is -1.93. The first-order valence-electron chi connectivity index (χ1n) is 4.58. The van der Waals surface area contributed by atoms with Crippen LogP contribution in [0.2, 0.25) is 10.3 Å². The lowest BCUT2D eigenvalue weighted by atomic mass is 10.3. The second-order valence-electron chi connectivity index (χ2n) is 3.19. The molecule has 0 aliphatic rings. The number of aryl methyl sites for hydroxylation is 1. The van der Waals surface area contributed by atoms with E-state index in [1.165, 1.54) is 0 Å². The molecule has 82 valence electrons. The minimum absolute atomic E-state index is 0.155. The fourth-order valence-electron chi connectivity index (χ4n) is 1.15. The normalized spacial score (nSPS) is 10.2. The largest absolute Gasteiger partial charge is 0.439 e. The van der Waals surface area contributed by atoms with Crippen LogP contribution in [0.1, 0.15) is 5.56 Å². The van der Waals surface area contributed by atoms with E-state index >= 15 is 0 Å². The van der Waals surface area contributed by atoms with Gasteiger partial charge >= 0.3 is 0 Å². The van der Waals surface area contributed by atoms with Crippen LogP contribution < -0.4 is 4.74 Å². The molecule has 0 amide bonds. The van der Waals surface area contributed by atoms with Crippen LogP contribution in [0.5, 0.6) is 11.6 Å². The van der Waals surface area contributed by atoms with Gasteiger partial charge in [0.2, 0.25) is 11.2 Å². The number of nitrogens with zero attached hydrogens (tertiary/aromatic N) is 2. The van der Waals surface area contributed by atoms with Crippen LogP contribution >= 0.6 is 23.2 Å². The number of hydrogen-bond donors (Lipinski definition) is 0. The van der Waals surface area contributed by atoms with Gasteiger partial charge in [0.15, 0.2) is 0 Å². The molecule has 0 N–H and O–H groups in total. The summed E-state index contributed by atoms with van der Waals surface area (Å²) in [6.45, 7) is 1.84. The molecular weight excluding hydrogens is 247 g/mol. The highest BCUT2D eigenvalue weighted by Gasteiger charge is 2.05. The van der Waals surface area contributed by atoms with Crippen molar-refractivity contribution in [3.05, 3.63) is 46.3 Å². The van der Waals surface area contributed by atoms with Crippen LogP contribution in [0.15, 0.2) is 30.5 Å². The Hall–Kier alpha value is -1.32. The maximum atomic E-state index is 5.84. The molecule has 0 radical (unpaired) electrons. The third-order valence-electron chi connectivity index (χ3n) is 1.91. The van der Waals surface area contributed by atoms with E-state index in [0.717, 1.165) is 5.56 Å². The molecule has 0 fully saturated rings. The maximum Gasteiger partial charge on any atom is 0.226 e. The second-order valence-corrected chi connectivity index (χ2v) is 3.96.